The van der Waals surface area contributed by atoms with Gasteiger partial charge in [0, 0.05) is 18.6 Å². The minimum atomic E-state index is -0.731. The van der Waals surface area contributed by atoms with E-state index in [1.165, 1.54) is 6.20 Å². The van der Waals surface area contributed by atoms with Crippen LogP contribution in [0.4, 0.5) is 21.1 Å². The van der Waals surface area contributed by atoms with E-state index in [0.29, 0.717) is 23.6 Å². The van der Waals surface area contributed by atoms with Gasteiger partial charge in [0.15, 0.2) is 0 Å². The normalized spacial score (nSPS) is 23.2. The molecule has 39 heavy (non-hydrogen) atoms. The van der Waals surface area contributed by atoms with Crippen molar-refractivity contribution in [1.29, 1.82) is 0 Å². The molecule has 0 spiro atoms. The number of piperidine rings is 1. The SMILES string of the molecule is Cc1cc(NC(=O)C(=O)N2C[C@H](C)CC[C@H]2C2CC(NC(=O)OC(C)(C)C)C2)cnc1NC(=O)OC(C)(C)C. The Kier molecular flexibility index (Phi) is 9.12. The molecule has 3 rings (SSSR count). The maximum atomic E-state index is 13.3. The Morgan fingerprint density at radius 2 is 1.56 bits per heavy atom. The number of pyridine rings is 1. The van der Waals surface area contributed by atoms with Crippen LogP contribution in [-0.2, 0) is 19.1 Å². The number of amides is 4. The molecular weight excluding hydrogens is 502 g/mol. The Labute approximate surface area is 230 Å². The zero-order chi connectivity index (χ0) is 29.1. The number of anilines is 2. The number of nitrogens with zero attached hydrogens (tertiary/aromatic N) is 2. The van der Waals surface area contributed by atoms with Crippen LogP contribution in [0.2, 0.25) is 0 Å². The van der Waals surface area contributed by atoms with Crippen LogP contribution in [0.25, 0.3) is 0 Å². The first-order valence-corrected chi connectivity index (χ1v) is 13.6. The van der Waals surface area contributed by atoms with Crippen LogP contribution < -0.4 is 16.0 Å². The summed E-state index contributed by atoms with van der Waals surface area (Å²) in [4.78, 5) is 56.3. The summed E-state index contributed by atoms with van der Waals surface area (Å²) in [5.74, 6) is -0.514. The molecule has 0 radical (unpaired) electrons. The molecule has 2 aliphatic rings. The molecule has 0 bridgehead atoms. The van der Waals surface area contributed by atoms with Crippen molar-refractivity contribution in [2.45, 2.75) is 104 Å². The van der Waals surface area contributed by atoms with Crippen molar-refractivity contribution in [2.75, 3.05) is 17.2 Å². The first kappa shape index (κ1) is 30.2. The van der Waals surface area contributed by atoms with Gasteiger partial charge in [0.1, 0.15) is 17.0 Å². The van der Waals surface area contributed by atoms with Crippen LogP contribution in [-0.4, -0.2) is 63.7 Å². The quantitative estimate of drug-likeness (QED) is 0.470. The molecule has 0 unspecified atom stereocenters. The van der Waals surface area contributed by atoms with E-state index in [-0.39, 0.29) is 23.9 Å². The van der Waals surface area contributed by atoms with E-state index in [1.807, 2.05) is 20.8 Å². The van der Waals surface area contributed by atoms with Crippen molar-refractivity contribution < 1.29 is 28.7 Å². The summed E-state index contributed by atoms with van der Waals surface area (Å²) in [6, 6.07) is 1.58. The number of nitrogens with one attached hydrogen (secondary N) is 3. The number of aromatic nitrogens is 1. The zero-order valence-corrected chi connectivity index (χ0v) is 24.3. The van der Waals surface area contributed by atoms with Crippen molar-refractivity contribution in [1.82, 2.24) is 15.2 Å². The molecule has 11 heteroatoms. The Balaban J connectivity index is 1.58. The molecule has 1 aromatic heterocycles. The van der Waals surface area contributed by atoms with Crippen molar-refractivity contribution in [3.8, 4) is 0 Å². The van der Waals surface area contributed by atoms with Crippen LogP contribution in [0.1, 0.15) is 79.7 Å². The molecular formula is C28H43N5O6. The van der Waals surface area contributed by atoms with E-state index < -0.39 is 35.2 Å². The fourth-order valence-corrected chi connectivity index (χ4v) is 4.95. The summed E-state index contributed by atoms with van der Waals surface area (Å²) < 4.78 is 10.6. The fourth-order valence-electron chi connectivity index (χ4n) is 4.95. The number of hydrogen-bond donors (Lipinski definition) is 3. The van der Waals surface area contributed by atoms with Gasteiger partial charge >= 0.3 is 24.0 Å². The molecule has 1 aliphatic heterocycles. The molecule has 1 saturated carbocycles. The van der Waals surface area contributed by atoms with Gasteiger partial charge < -0.3 is 25.0 Å². The number of alkyl carbamates (subject to hydrolysis) is 1. The third-order valence-corrected chi connectivity index (χ3v) is 6.71. The molecule has 2 heterocycles. The van der Waals surface area contributed by atoms with Gasteiger partial charge in [-0.05, 0) is 97.6 Å². The zero-order valence-electron chi connectivity index (χ0n) is 24.3. The summed E-state index contributed by atoms with van der Waals surface area (Å²) >= 11 is 0. The van der Waals surface area contributed by atoms with Crippen LogP contribution in [0.5, 0.6) is 0 Å². The van der Waals surface area contributed by atoms with Gasteiger partial charge in [0.2, 0.25) is 0 Å². The lowest BCUT2D eigenvalue weighted by Crippen LogP contribution is -2.58. The van der Waals surface area contributed by atoms with Gasteiger partial charge in [-0.1, -0.05) is 6.92 Å². The number of hydrogen-bond acceptors (Lipinski definition) is 7. The van der Waals surface area contributed by atoms with E-state index in [1.54, 1.807) is 38.7 Å². The predicted octanol–water partition coefficient (Wildman–Crippen LogP) is 4.61. The number of aryl methyl sites for hydroxylation is 1. The second-order valence-electron chi connectivity index (χ2n) is 12.8. The Bertz CT molecular complexity index is 1090. The Morgan fingerprint density at radius 3 is 2.15 bits per heavy atom. The molecule has 11 nitrogen and oxygen atoms in total. The number of rotatable bonds is 4. The van der Waals surface area contributed by atoms with Crippen LogP contribution in [0.3, 0.4) is 0 Å². The first-order valence-electron chi connectivity index (χ1n) is 13.6. The monoisotopic (exact) mass is 545 g/mol. The molecule has 2 atom stereocenters. The van der Waals surface area contributed by atoms with Gasteiger partial charge in [-0.2, -0.15) is 0 Å². The highest BCUT2D eigenvalue weighted by Crippen LogP contribution is 2.38. The number of ether oxygens (including phenoxy) is 2. The maximum absolute atomic E-state index is 13.3. The van der Waals surface area contributed by atoms with Gasteiger partial charge in [-0.15, -0.1) is 0 Å². The van der Waals surface area contributed by atoms with Gasteiger partial charge in [0.25, 0.3) is 0 Å². The Morgan fingerprint density at radius 1 is 0.949 bits per heavy atom. The largest absolute Gasteiger partial charge is 0.444 e. The fraction of sp³-hybridized carbons (Fsp3) is 0.679. The summed E-state index contributed by atoms with van der Waals surface area (Å²) in [6.45, 7) is 15.1. The second kappa shape index (κ2) is 11.8. The third kappa shape index (κ3) is 8.83. The first-order chi connectivity index (χ1) is 18.0. The summed E-state index contributed by atoms with van der Waals surface area (Å²) in [5.41, 5.74) is -0.252. The summed E-state index contributed by atoms with van der Waals surface area (Å²) in [7, 11) is 0. The molecule has 1 aliphatic carbocycles. The Hall–Kier alpha value is -3.37. The number of carbonyl (C=O) groups is 4. The van der Waals surface area contributed by atoms with Gasteiger partial charge in [0.05, 0.1) is 11.9 Å². The highest BCUT2D eigenvalue weighted by Gasteiger charge is 2.43. The summed E-state index contributed by atoms with van der Waals surface area (Å²) in [6.07, 6.45) is 3.58. The lowest BCUT2D eigenvalue weighted by molar-refractivity contribution is -0.148. The topological polar surface area (TPSA) is 139 Å². The van der Waals surface area contributed by atoms with E-state index in [4.69, 9.17) is 9.47 Å². The van der Waals surface area contributed by atoms with Crippen molar-refractivity contribution in [3.05, 3.63) is 17.8 Å². The smallest absolute Gasteiger partial charge is 0.413 e. The molecule has 2 fully saturated rings. The molecule has 4 amide bonds. The van der Waals surface area contributed by atoms with E-state index in [2.05, 4.69) is 27.9 Å². The van der Waals surface area contributed by atoms with Crippen LogP contribution >= 0.6 is 0 Å². The third-order valence-electron chi connectivity index (χ3n) is 6.71. The van der Waals surface area contributed by atoms with Crippen molar-refractivity contribution in [3.63, 3.8) is 0 Å². The maximum Gasteiger partial charge on any atom is 0.413 e. The van der Waals surface area contributed by atoms with E-state index in [0.717, 1.165) is 25.7 Å². The second-order valence-corrected chi connectivity index (χ2v) is 12.8. The lowest BCUT2D eigenvalue weighted by Gasteiger charge is -2.48. The highest BCUT2D eigenvalue weighted by molar-refractivity contribution is 6.39. The van der Waals surface area contributed by atoms with E-state index >= 15 is 0 Å². The van der Waals surface area contributed by atoms with Gasteiger partial charge in [-0.25, -0.2) is 14.6 Å². The van der Waals surface area contributed by atoms with Crippen LogP contribution in [0, 0.1) is 18.8 Å². The standard InChI is InChI=1S/C28H43N5O6/c1-16-9-10-21(18-12-19(13-18)31-25(36)38-27(3,4)5)33(15-16)24(35)23(34)30-20-11-17(2)22(29-14-20)32-26(37)39-28(6,7)8/h11,14,16,18-19,21H,9-10,12-13,15H2,1-8H3,(H,30,34)(H,31,36)(H,29,32,37)/t16-,18?,19?,21+/m1/s1. The average Bonchev–Trinajstić information content (AvgIpc) is 2.75. The molecule has 0 aromatic carbocycles. The molecule has 216 valence electrons. The number of carbonyl (C=O) groups excluding carboxylic acids is 4. The number of likely N-dealkylation sites (tertiary alicyclic amines) is 1. The van der Waals surface area contributed by atoms with Crippen LogP contribution in [0.15, 0.2) is 12.3 Å². The average molecular weight is 546 g/mol. The molecule has 3 N–H and O–H groups in total. The summed E-state index contributed by atoms with van der Waals surface area (Å²) in [5, 5.41) is 8.14. The van der Waals surface area contributed by atoms with Crippen molar-refractivity contribution >= 4 is 35.5 Å². The lowest BCUT2D eigenvalue weighted by atomic mass is 9.72. The van der Waals surface area contributed by atoms with Gasteiger partial charge in [-0.3, -0.25) is 14.9 Å². The minimum Gasteiger partial charge on any atom is -0.444 e. The predicted molar refractivity (Wildman–Crippen MR) is 147 cm³/mol. The highest BCUT2D eigenvalue weighted by atomic mass is 16.6. The minimum absolute atomic E-state index is 0.00293. The molecule has 1 aromatic rings. The molecule has 1 saturated heterocycles. The van der Waals surface area contributed by atoms with Crippen molar-refractivity contribution in [2.24, 2.45) is 11.8 Å². The van der Waals surface area contributed by atoms with E-state index in [9.17, 15) is 19.2 Å².